The summed E-state index contributed by atoms with van der Waals surface area (Å²) < 4.78 is 10.3. The second-order valence-corrected chi connectivity index (χ2v) is 2.72. The normalized spacial score (nSPS) is 9.00. The summed E-state index contributed by atoms with van der Waals surface area (Å²) in [5, 5.41) is 0.591. The Hall–Kier alpha value is -1.33. The molecule has 1 aromatic rings. The van der Waals surface area contributed by atoms with Gasteiger partial charge in [0.25, 0.3) is 0 Å². The Kier molecular flexibility index (Phi) is 3.48. The van der Waals surface area contributed by atoms with Gasteiger partial charge in [0.1, 0.15) is 6.61 Å². The van der Waals surface area contributed by atoms with Gasteiger partial charge in [0, 0.05) is 11.1 Å². The Morgan fingerprint density at radius 2 is 2.23 bits per heavy atom. The zero-order chi connectivity index (χ0) is 9.68. The summed E-state index contributed by atoms with van der Waals surface area (Å²) >= 11 is 5.77. The lowest BCUT2D eigenvalue weighted by Gasteiger charge is -2.08. The van der Waals surface area contributed by atoms with Crippen molar-refractivity contribution < 1.29 is 9.47 Å². The Labute approximate surface area is 82.4 Å². The maximum Gasteiger partial charge on any atom is 0.164 e. The van der Waals surface area contributed by atoms with Crippen LogP contribution in [-0.4, -0.2) is 13.7 Å². The number of methoxy groups -OCH3 is 1. The van der Waals surface area contributed by atoms with E-state index in [1.165, 1.54) is 0 Å². The first kappa shape index (κ1) is 9.76. The van der Waals surface area contributed by atoms with Crippen molar-refractivity contribution >= 4 is 11.6 Å². The molecule has 0 saturated carbocycles. The Morgan fingerprint density at radius 3 is 2.85 bits per heavy atom. The smallest absolute Gasteiger partial charge is 0.164 e. The van der Waals surface area contributed by atoms with Gasteiger partial charge in [0.2, 0.25) is 0 Å². The third-order valence-corrected chi connectivity index (χ3v) is 1.67. The second kappa shape index (κ2) is 4.64. The molecule has 1 aromatic carbocycles. The molecule has 0 fully saturated rings. The zero-order valence-electron chi connectivity index (χ0n) is 7.21. The molecule has 2 nitrogen and oxygen atoms in total. The molecular weight excluding hydrogens is 188 g/mol. The maximum atomic E-state index is 5.77. The summed E-state index contributed by atoms with van der Waals surface area (Å²) in [5.74, 6) is 3.55. The minimum atomic E-state index is 0.205. The summed E-state index contributed by atoms with van der Waals surface area (Å²) in [5.41, 5.74) is 0. The highest BCUT2D eigenvalue weighted by atomic mass is 35.5. The minimum Gasteiger partial charge on any atom is -0.493 e. The molecule has 68 valence electrons. The molecular formula is C10H9ClO2. The summed E-state index contributed by atoms with van der Waals surface area (Å²) in [7, 11) is 1.56. The van der Waals surface area contributed by atoms with Crippen LogP contribution in [0.3, 0.4) is 0 Å². The van der Waals surface area contributed by atoms with Gasteiger partial charge in [-0.3, -0.25) is 0 Å². The number of benzene rings is 1. The zero-order valence-corrected chi connectivity index (χ0v) is 7.97. The lowest BCUT2D eigenvalue weighted by atomic mass is 10.3. The fourth-order valence-electron chi connectivity index (χ4n) is 0.883. The second-order valence-electron chi connectivity index (χ2n) is 2.29. The number of hydrogen-bond acceptors (Lipinski definition) is 2. The Bertz CT molecular complexity index is 328. The first-order chi connectivity index (χ1) is 6.27. The third kappa shape index (κ3) is 2.57. The molecule has 0 atom stereocenters. The van der Waals surface area contributed by atoms with E-state index in [2.05, 4.69) is 5.92 Å². The number of terminal acetylenes is 1. The lowest BCUT2D eigenvalue weighted by Crippen LogP contribution is -1.96. The monoisotopic (exact) mass is 196 g/mol. The van der Waals surface area contributed by atoms with Crippen LogP contribution in [0.1, 0.15) is 0 Å². The van der Waals surface area contributed by atoms with Crippen molar-refractivity contribution in [3.63, 3.8) is 0 Å². The van der Waals surface area contributed by atoms with Gasteiger partial charge in [-0.25, -0.2) is 0 Å². The molecule has 13 heavy (non-hydrogen) atoms. The Morgan fingerprint density at radius 1 is 1.46 bits per heavy atom. The molecule has 3 heteroatoms. The van der Waals surface area contributed by atoms with E-state index in [4.69, 9.17) is 27.5 Å². The molecule has 0 aliphatic carbocycles. The Balaban J connectivity index is 2.89. The molecule has 0 amide bonds. The molecule has 0 N–H and O–H groups in total. The topological polar surface area (TPSA) is 18.5 Å². The van der Waals surface area contributed by atoms with E-state index >= 15 is 0 Å². The molecule has 0 aliphatic rings. The van der Waals surface area contributed by atoms with Gasteiger partial charge in [-0.2, -0.15) is 0 Å². The van der Waals surface area contributed by atoms with Gasteiger partial charge in [-0.05, 0) is 12.1 Å². The first-order valence-electron chi connectivity index (χ1n) is 3.67. The number of rotatable bonds is 3. The molecule has 0 unspecified atom stereocenters. The molecule has 0 aliphatic heterocycles. The predicted octanol–water partition coefficient (Wildman–Crippen LogP) is 2.36. The van der Waals surface area contributed by atoms with E-state index in [0.717, 1.165) is 0 Å². The van der Waals surface area contributed by atoms with Crippen molar-refractivity contribution in [3.8, 4) is 23.8 Å². The standard InChI is InChI=1S/C10H9ClO2/c1-3-6-13-10-7-8(11)4-5-9(10)12-2/h1,4-5,7H,6H2,2H3. The van der Waals surface area contributed by atoms with Crippen LogP contribution in [0, 0.1) is 12.3 Å². The molecule has 0 spiro atoms. The molecule has 0 heterocycles. The van der Waals surface area contributed by atoms with Gasteiger partial charge >= 0.3 is 0 Å². The van der Waals surface area contributed by atoms with Crippen LogP contribution in [0.2, 0.25) is 5.02 Å². The SMILES string of the molecule is C#CCOc1cc(Cl)ccc1OC. The van der Waals surface area contributed by atoms with E-state index in [1.54, 1.807) is 25.3 Å². The number of ether oxygens (including phenoxy) is 2. The molecule has 0 aromatic heterocycles. The van der Waals surface area contributed by atoms with E-state index in [0.29, 0.717) is 16.5 Å². The molecule has 0 saturated heterocycles. The molecule has 1 rings (SSSR count). The number of hydrogen-bond donors (Lipinski definition) is 0. The van der Waals surface area contributed by atoms with Crippen molar-refractivity contribution in [1.82, 2.24) is 0 Å². The highest BCUT2D eigenvalue weighted by molar-refractivity contribution is 6.30. The van der Waals surface area contributed by atoms with E-state index in [9.17, 15) is 0 Å². The lowest BCUT2D eigenvalue weighted by molar-refractivity contribution is 0.331. The van der Waals surface area contributed by atoms with Crippen molar-refractivity contribution in [3.05, 3.63) is 23.2 Å². The fraction of sp³-hybridized carbons (Fsp3) is 0.200. The van der Waals surface area contributed by atoms with Crippen LogP contribution in [0.15, 0.2) is 18.2 Å². The van der Waals surface area contributed by atoms with Crippen molar-refractivity contribution in [2.24, 2.45) is 0 Å². The van der Waals surface area contributed by atoms with Gasteiger partial charge in [-0.15, -0.1) is 6.42 Å². The van der Waals surface area contributed by atoms with Gasteiger partial charge < -0.3 is 9.47 Å². The van der Waals surface area contributed by atoms with Crippen LogP contribution in [0.25, 0.3) is 0 Å². The largest absolute Gasteiger partial charge is 0.493 e. The first-order valence-corrected chi connectivity index (χ1v) is 4.05. The van der Waals surface area contributed by atoms with Gasteiger partial charge in [0.05, 0.1) is 7.11 Å². The predicted molar refractivity (Wildman–Crippen MR) is 52.3 cm³/mol. The summed E-state index contributed by atoms with van der Waals surface area (Å²) in [4.78, 5) is 0. The van der Waals surface area contributed by atoms with Gasteiger partial charge in [-0.1, -0.05) is 17.5 Å². The van der Waals surface area contributed by atoms with Crippen LogP contribution < -0.4 is 9.47 Å². The summed E-state index contributed by atoms with van der Waals surface area (Å²) in [6, 6.07) is 5.12. The van der Waals surface area contributed by atoms with Crippen molar-refractivity contribution in [1.29, 1.82) is 0 Å². The number of halogens is 1. The van der Waals surface area contributed by atoms with E-state index in [-0.39, 0.29) is 6.61 Å². The fourth-order valence-corrected chi connectivity index (χ4v) is 1.04. The van der Waals surface area contributed by atoms with E-state index < -0.39 is 0 Å². The van der Waals surface area contributed by atoms with Crippen LogP contribution in [0.5, 0.6) is 11.5 Å². The summed E-state index contributed by atoms with van der Waals surface area (Å²) in [6.45, 7) is 0.205. The summed E-state index contributed by atoms with van der Waals surface area (Å²) in [6.07, 6.45) is 5.06. The average molecular weight is 197 g/mol. The van der Waals surface area contributed by atoms with Crippen LogP contribution in [0.4, 0.5) is 0 Å². The molecule has 0 radical (unpaired) electrons. The van der Waals surface area contributed by atoms with Crippen molar-refractivity contribution in [2.75, 3.05) is 13.7 Å². The minimum absolute atomic E-state index is 0.205. The average Bonchev–Trinajstić information content (AvgIpc) is 2.15. The third-order valence-electron chi connectivity index (χ3n) is 1.44. The molecule has 0 bridgehead atoms. The highest BCUT2D eigenvalue weighted by Gasteiger charge is 2.03. The van der Waals surface area contributed by atoms with Crippen LogP contribution in [-0.2, 0) is 0 Å². The van der Waals surface area contributed by atoms with Crippen molar-refractivity contribution in [2.45, 2.75) is 0 Å². The van der Waals surface area contributed by atoms with Gasteiger partial charge in [0.15, 0.2) is 11.5 Å². The maximum absolute atomic E-state index is 5.77. The quantitative estimate of drug-likeness (QED) is 0.691. The highest BCUT2D eigenvalue weighted by Crippen LogP contribution is 2.29. The van der Waals surface area contributed by atoms with E-state index in [1.807, 2.05) is 0 Å². The van der Waals surface area contributed by atoms with Crippen LogP contribution >= 0.6 is 11.6 Å².